The van der Waals surface area contributed by atoms with Gasteiger partial charge in [0.2, 0.25) is 0 Å². The Hall–Kier alpha value is -0.420. The van der Waals surface area contributed by atoms with Crippen LogP contribution in [0, 0.1) is 12.3 Å². The Kier molecular flexibility index (Phi) is 4.11. The van der Waals surface area contributed by atoms with E-state index in [4.69, 9.17) is 4.74 Å². The summed E-state index contributed by atoms with van der Waals surface area (Å²) in [4.78, 5) is 1.44. The first kappa shape index (κ1) is 14.0. The fourth-order valence-corrected chi connectivity index (χ4v) is 3.48. The van der Waals surface area contributed by atoms with Crippen molar-refractivity contribution in [2.75, 3.05) is 32.9 Å². The van der Waals surface area contributed by atoms with Crippen LogP contribution in [0.5, 0.6) is 0 Å². The van der Waals surface area contributed by atoms with Gasteiger partial charge in [0.05, 0.1) is 25.2 Å². The number of ether oxygens (including phenoxy) is 1. The van der Waals surface area contributed by atoms with Gasteiger partial charge in [-0.3, -0.25) is 0 Å². The Bertz CT molecular complexity index is 391. The summed E-state index contributed by atoms with van der Waals surface area (Å²) in [6.45, 7) is 10.0. The molecule has 3 nitrogen and oxygen atoms in total. The van der Waals surface area contributed by atoms with Crippen molar-refractivity contribution in [3.63, 3.8) is 0 Å². The SMILES string of the molecule is Cc1ccsc1C(C)(C)CNCC1(CO)COC1. The predicted molar refractivity (Wildman–Crippen MR) is 75.3 cm³/mol. The first-order valence-electron chi connectivity index (χ1n) is 6.43. The molecule has 0 unspecified atom stereocenters. The summed E-state index contributed by atoms with van der Waals surface area (Å²) in [5.74, 6) is 0. The molecule has 4 heteroatoms. The normalized spacial score (nSPS) is 18.7. The zero-order chi connectivity index (χ0) is 13.2. The highest BCUT2D eigenvalue weighted by Gasteiger charge is 2.38. The van der Waals surface area contributed by atoms with Crippen LogP contribution in [-0.2, 0) is 10.2 Å². The summed E-state index contributed by atoms with van der Waals surface area (Å²) in [6, 6.07) is 2.18. The van der Waals surface area contributed by atoms with Crippen LogP contribution in [0.3, 0.4) is 0 Å². The number of thiophene rings is 1. The Morgan fingerprint density at radius 1 is 1.50 bits per heavy atom. The molecule has 1 aromatic rings. The lowest BCUT2D eigenvalue weighted by atomic mass is 9.85. The van der Waals surface area contributed by atoms with Crippen molar-refractivity contribution in [1.82, 2.24) is 5.32 Å². The third-order valence-electron chi connectivity index (χ3n) is 3.70. The maximum atomic E-state index is 9.38. The molecular formula is C14H23NO2S. The van der Waals surface area contributed by atoms with Crippen molar-refractivity contribution >= 4 is 11.3 Å². The van der Waals surface area contributed by atoms with Gasteiger partial charge in [-0.2, -0.15) is 0 Å². The van der Waals surface area contributed by atoms with E-state index in [1.165, 1.54) is 10.4 Å². The summed E-state index contributed by atoms with van der Waals surface area (Å²) in [5, 5.41) is 15.0. The second-order valence-corrected chi connectivity index (χ2v) is 6.99. The monoisotopic (exact) mass is 269 g/mol. The minimum absolute atomic E-state index is 0.0411. The zero-order valence-electron chi connectivity index (χ0n) is 11.5. The molecule has 0 bridgehead atoms. The van der Waals surface area contributed by atoms with Crippen molar-refractivity contribution < 1.29 is 9.84 Å². The quantitative estimate of drug-likeness (QED) is 0.829. The van der Waals surface area contributed by atoms with Gasteiger partial charge in [-0.25, -0.2) is 0 Å². The van der Waals surface area contributed by atoms with Gasteiger partial charge < -0.3 is 15.2 Å². The molecule has 0 amide bonds. The van der Waals surface area contributed by atoms with Gasteiger partial charge in [-0.05, 0) is 23.9 Å². The molecule has 1 aromatic heterocycles. The molecule has 2 N–H and O–H groups in total. The van der Waals surface area contributed by atoms with Crippen LogP contribution in [0.1, 0.15) is 24.3 Å². The van der Waals surface area contributed by atoms with Crippen LogP contribution in [-0.4, -0.2) is 38.0 Å². The fourth-order valence-electron chi connectivity index (χ4n) is 2.43. The van der Waals surface area contributed by atoms with Crippen molar-refractivity contribution in [3.8, 4) is 0 Å². The van der Waals surface area contributed by atoms with E-state index in [1.807, 2.05) is 11.3 Å². The highest BCUT2D eigenvalue weighted by atomic mass is 32.1. The van der Waals surface area contributed by atoms with Crippen LogP contribution in [0.25, 0.3) is 0 Å². The summed E-state index contributed by atoms with van der Waals surface area (Å²) in [7, 11) is 0. The van der Waals surface area contributed by atoms with Crippen molar-refractivity contribution in [2.24, 2.45) is 5.41 Å². The molecule has 0 spiro atoms. The Morgan fingerprint density at radius 2 is 2.22 bits per heavy atom. The molecule has 0 aromatic carbocycles. The standard InChI is InChI=1S/C14H23NO2S/c1-11-4-5-18-12(11)13(2,3)6-15-7-14(8-16)9-17-10-14/h4-5,15-16H,6-10H2,1-3H3. The number of nitrogens with one attached hydrogen (secondary N) is 1. The number of aryl methyl sites for hydroxylation is 1. The number of aliphatic hydroxyl groups is 1. The molecule has 0 aliphatic carbocycles. The van der Waals surface area contributed by atoms with Gasteiger partial charge in [0.25, 0.3) is 0 Å². The lowest BCUT2D eigenvalue weighted by Gasteiger charge is -2.40. The molecular weight excluding hydrogens is 246 g/mol. The van der Waals surface area contributed by atoms with Gasteiger partial charge in [-0.1, -0.05) is 13.8 Å². The molecule has 1 saturated heterocycles. The average Bonchev–Trinajstić information content (AvgIpc) is 2.69. The fraction of sp³-hybridized carbons (Fsp3) is 0.714. The minimum atomic E-state index is -0.0411. The summed E-state index contributed by atoms with van der Waals surface area (Å²) in [5.41, 5.74) is 1.47. The van der Waals surface area contributed by atoms with Crippen molar-refractivity contribution in [2.45, 2.75) is 26.2 Å². The number of aliphatic hydroxyl groups excluding tert-OH is 1. The second-order valence-electron chi connectivity index (χ2n) is 6.07. The molecule has 0 atom stereocenters. The predicted octanol–water partition coefficient (Wildman–Crippen LogP) is 1.93. The van der Waals surface area contributed by atoms with Crippen molar-refractivity contribution in [1.29, 1.82) is 0 Å². The molecule has 1 fully saturated rings. The van der Waals surface area contributed by atoms with Crippen LogP contribution < -0.4 is 5.32 Å². The summed E-state index contributed by atoms with van der Waals surface area (Å²) >= 11 is 1.83. The average molecular weight is 269 g/mol. The number of hydrogen-bond donors (Lipinski definition) is 2. The Morgan fingerprint density at radius 3 is 2.67 bits per heavy atom. The van der Waals surface area contributed by atoms with Gasteiger partial charge in [0, 0.05) is 23.4 Å². The molecule has 1 aliphatic rings. The van der Waals surface area contributed by atoms with Crippen LogP contribution in [0.2, 0.25) is 0 Å². The number of rotatable bonds is 6. The number of hydrogen-bond acceptors (Lipinski definition) is 4. The van der Waals surface area contributed by atoms with Gasteiger partial charge in [-0.15, -0.1) is 11.3 Å². The molecule has 102 valence electrons. The van der Waals surface area contributed by atoms with Gasteiger partial charge in [0.1, 0.15) is 0 Å². The maximum absolute atomic E-state index is 9.38. The Balaban J connectivity index is 1.88. The lowest BCUT2D eigenvalue weighted by Crippen LogP contribution is -2.53. The highest BCUT2D eigenvalue weighted by Crippen LogP contribution is 2.31. The largest absolute Gasteiger partial charge is 0.396 e. The molecule has 18 heavy (non-hydrogen) atoms. The van der Waals surface area contributed by atoms with E-state index in [2.05, 4.69) is 37.5 Å². The minimum Gasteiger partial charge on any atom is -0.396 e. The van der Waals surface area contributed by atoms with E-state index in [0.29, 0.717) is 13.2 Å². The van der Waals surface area contributed by atoms with E-state index < -0.39 is 0 Å². The first-order chi connectivity index (χ1) is 8.49. The van der Waals surface area contributed by atoms with Crippen LogP contribution >= 0.6 is 11.3 Å². The van der Waals surface area contributed by atoms with Crippen LogP contribution in [0.4, 0.5) is 0 Å². The maximum Gasteiger partial charge on any atom is 0.0579 e. The van der Waals surface area contributed by atoms with E-state index >= 15 is 0 Å². The molecule has 1 aliphatic heterocycles. The molecule has 0 radical (unpaired) electrons. The highest BCUT2D eigenvalue weighted by molar-refractivity contribution is 7.10. The topological polar surface area (TPSA) is 41.5 Å². The molecule has 2 rings (SSSR count). The summed E-state index contributed by atoms with van der Waals surface area (Å²) in [6.07, 6.45) is 0. The van der Waals surface area contributed by atoms with E-state index in [0.717, 1.165) is 13.1 Å². The van der Waals surface area contributed by atoms with E-state index in [9.17, 15) is 5.11 Å². The van der Waals surface area contributed by atoms with E-state index in [1.54, 1.807) is 0 Å². The third-order valence-corrected chi connectivity index (χ3v) is 5.08. The third kappa shape index (κ3) is 2.77. The smallest absolute Gasteiger partial charge is 0.0579 e. The summed E-state index contributed by atoms with van der Waals surface area (Å²) < 4.78 is 5.21. The molecule has 0 saturated carbocycles. The molecule has 2 heterocycles. The lowest BCUT2D eigenvalue weighted by molar-refractivity contribution is -0.134. The second kappa shape index (κ2) is 5.29. The van der Waals surface area contributed by atoms with Crippen molar-refractivity contribution in [3.05, 3.63) is 21.9 Å². The van der Waals surface area contributed by atoms with E-state index in [-0.39, 0.29) is 17.4 Å². The zero-order valence-corrected chi connectivity index (χ0v) is 12.3. The van der Waals surface area contributed by atoms with Gasteiger partial charge in [0.15, 0.2) is 0 Å². The Labute approximate surface area is 113 Å². The van der Waals surface area contributed by atoms with Gasteiger partial charge >= 0.3 is 0 Å². The first-order valence-corrected chi connectivity index (χ1v) is 7.31. The van der Waals surface area contributed by atoms with Crippen LogP contribution in [0.15, 0.2) is 11.4 Å².